The zero-order chi connectivity index (χ0) is 20.2. The van der Waals surface area contributed by atoms with Gasteiger partial charge in [-0.1, -0.05) is 12.1 Å². The molecule has 1 saturated heterocycles. The molecule has 2 aromatic rings. The van der Waals surface area contributed by atoms with Crippen LogP contribution in [0, 0.1) is 0 Å². The van der Waals surface area contributed by atoms with Gasteiger partial charge in [-0.2, -0.15) is 0 Å². The maximum atomic E-state index is 12.7. The second-order valence-corrected chi connectivity index (χ2v) is 7.91. The maximum absolute atomic E-state index is 12.7. The van der Waals surface area contributed by atoms with Crippen molar-refractivity contribution in [3.8, 4) is 5.75 Å². The van der Waals surface area contributed by atoms with Crippen LogP contribution in [0.4, 0.5) is 21.9 Å². The van der Waals surface area contributed by atoms with Gasteiger partial charge < -0.3 is 25.2 Å². The van der Waals surface area contributed by atoms with Gasteiger partial charge in [0.15, 0.2) is 0 Å². The summed E-state index contributed by atoms with van der Waals surface area (Å²) in [7, 11) is 3.83. The topological polar surface area (TPSA) is 56.8 Å². The Morgan fingerprint density at radius 1 is 1.00 bits per heavy atom. The van der Waals surface area contributed by atoms with Gasteiger partial charge >= 0.3 is 6.03 Å². The summed E-state index contributed by atoms with van der Waals surface area (Å²) in [6.07, 6.45) is 4.53. The molecular formula is C23H30N4O2. The Morgan fingerprint density at radius 3 is 2.59 bits per heavy atom. The normalized spacial score (nSPS) is 16.8. The van der Waals surface area contributed by atoms with Gasteiger partial charge in [0.2, 0.25) is 0 Å². The van der Waals surface area contributed by atoms with Crippen LogP contribution < -0.4 is 20.3 Å². The summed E-state index contributed by atoms with van der Waals surface area (Å²) in [5.41, 5.74) is 5.35. The Morgan fingerprint density at radius 2 is 1.79 bits per heavy atom. The van der Waals surface area contributed by atoms with Crippen LogP contribution in [0.15, 0.2) is 36.4 Å². The van der Waals surface area contributed by atoms with Crippen molar-refractivity contribution >= 4 is 23.1 Å². The number of aryl methyl sites for hydroxylation is 1. The molecule has 0 unspecified atom stereocenters. The quantitative estimate of drug-likeness (QED) is 0.824. The molecule has 0 radical (unpaired) electrons. The van der Waals surface area contributed by atoms with Crippen LogP contribution in [-0.2, 0) is 12.8 Å². The van der Waals surface area contributed by atoms with Gasteiger partial charge in [0, 0.05) is 37.6 Å². The van der Waals surface area contributed by atoms with Crippen molar-refractivity contribution in [3.05, 3.63) is 47.5 Å². The Kier molecular flexibility index (Phi) is 5.90. The van der Waals surface area contributed by atoms with Crippen molar-refractivity contribution < 1.29 is 9.53 Å². The summed E-state index contributed by atoms with van der Waals surface area (Å²) in [4.78, 5) is 17.3. The second kappa shape index (κ2) is 8.74. The number of urea groups is 1. The number of anilines is 3. The van der Waals surface area contributed by atoms with E-state index in [9.17, 15) is 4.79 Å². The Labute approximate surface area is 172 Å². The number of benzene rings is 2. The van der Waals surface area contributed by atoms with Gasteiger partial charge in [-0.25, -0.2) is 4.79 Å². The highest BCUT2D eigenvalue weighted by molar-refractivity contribution is 6.00. The molecule has 0 atom stereocenters. The lowest BCUT2D eigenvalue weighted by Crippen LogP contribution is -2.44. The Hall–Kier alpha value is -2.73. The number of fused-ring (bicyclic) bond motifs is 1. The highest BCUT2D eigenvalue weighted by Gasteiger charge is 2.19. The van der Waals surface area contributed by atoms with Gasteiger partial charge in [-0.15, -0.1) is 0 Å². The van der Waals surface area contributed by atoms with Crippen molar-refractivity contribution in [2.24, 2.45) is 0 Å². The van der Waals surface area contributed by atoms with Crippen LogP contribution in [0.2, 0.25) is 0 Å². The molecule has 1 aliphatic heterocycles. The third-order valence-electron chi connectivity index (χ3n) is 5.92. The number of amides is 2. The first-order chi connectivity index (χ1) is 14.1. The first kappa shape index (κ1) is 19.6. The van der Waals surface area contributed by atoms with E-state index in [0.29, 0.717) is 0 Å². The highest BCUT2D eigenvalue weighted by atomic mass is 16.5. The molecule has 154 valence electrons. The summed E-state index contributed by atoms with van der Waals surface area (Å²) < 4.78 is 5.56. The second-order valence-electron chi connectivity index (χ2n) is 7.91. The monoisotopic (exact) mass is 394 g/mol. The Balaban J connectivity index is 1.48. The van der Waals surface area contributed by atoms with E-state index < -0.39 is 0 Å². The highest BCUT2D eigenvalue weighted by Crippen LogP contribution is 2.32. The van der Waals surface area contributed by atoms with Crippen LogP contribution in [0.3, 0.4) is 0 Å². The molecule has 6 heteroatoms. The van der Waals surface area contributed by atoms with Crippen LogP contribution in [0.25, 0.3) is 0 Å². The average molecular weight is 395 g/mol. The minimum Gasteiger partial charge on any atom is -0.495 e. The predicted molar refractivity (Wildman–Crippen MR) is 118 cm³/mol. The van der Waals surface area contributed by atoms with E-state index in [1.165, 1.54) is 24.0 Å². The van der Waals surface area contributed by atoms with Crippen molar-refractivity contribution in [2.45, 2.75) is 25.7 Å². The van der Waals surface area contributed by atoms with Crippen molar-refractivity contribution in [3.63, 3.8) is 0 Å². The lowest BCUT2D eigenvalue weighted by atomic mass is 9.90. The van der Waals surface area contributed by atoms with Gasteiger partial charge in [-0.3, -0.25) is 0 Å². The van der Waals surface area contributed by atoms with E-state index in [-0.39, 0.29) is 6.03 Å². The molecular weight excluding hydrogens is 364 g/mol. The van der Waals surface area contributed by atoms with Crippen LogP contribution in [0.5, 0.6) is 5.75 Å². The van der Waals surface area contributed by atoms with Crippen LogP contribution >= 0.6 is 0 Å². The lowest BCUT2D eigenvalue weighted by Gasteiger charge is -2.35. The van der Waals surface area contributed by atoms with Gasteiger partial charge in [-0.05, 0) is 68.1 Å². The van der Waals surface area contributed by atoms with E-state index in [2.05, 4.69) is 33.5 Å². The van der Waals surface area contributed by atoms with E-state index in [4.69, 9.17) is 4.74 Å². The molecule has 0 aromatic heterocycles. The zero-order valence-electron chi connectivity index (χ0n) is 17.3. The number of carbonyl (C=O) groups excluding carboxylic acids is 1. The molecule has 4 rings (SSSR count). The minimum atomic E-state index is -0.210. The first-order valence-corrected chi connectivity index (χ1v) is 10.4. The molecule has 2 N–H and O–H groups in total. The number of nitrogens with zero attached hydrogens (tertiary/aromatic N) is 2. The number of rotatable bonds is 4. The number of ether oxygens (including phenoxy) is 1. The SMILES string of the molecule is COc1ccc(NC(=O)Nc2cccc3c2CCCC3)cc1N1CCN(C)CC1. The largest absolute Gasteiger partial charge is 0.495 e. The molecule has 1 aliphatic carbocycles. The van der Waals surface area contributed by atoms with Gasteiger partial charge in [0.05, 0.1) is 12.8 Å². The summed E-state index contributed by atoms with van der Waals surface area (Å²) >= 11 is 0. The third kappa shape index (κ3) is 4.48. The molecule has 2 aliphatic rings. The Bertz CT molecular complexity index is 875. The van der Waals surface area contributed by atoms with E-state index >= 15 is 0 Å². The third-order valence-corrected chi connectivity index (χ3v) is 5.92. The van der Waals surface area contributed by atoms with Crippen molar-refractivity contribution in [1.82, 2.24) is 4.90 Å². The standard InChI is InChI=1S/C23H30N4O2/c1-26-12-14-27(15-13-26)21-16-18(10-11-22(21)29-2)24-23(28)25-20-9-5-7-17-6-3-4-8-19(17)20/h5,7,9-11,16H,3-4,6,8,12-15H2,1-2H3,(H2,24,25,28). The minimum absolute atomic E-state index is 0.210. The van der Waals surface area contributed by atoms with E-state index in [0.717, 1.165) is 61.8 Å². The molecule has 2 aromatic carbocycles. The average Bonchev–Trinajstić information content (AvgIpc) is 2.74. The smallest absolute Gasteiger partial charge is 0.323 e. The number of likely N-dealkylation sites (N-methyl/N-ethyl adjacent to an activating group) is 1. The zero-order valence-corrected chi connectivity index (χ0v) is 17.3. The van der Waals surface area contributed by atoms with Crippen LogP contribution in [-0.4, -0.2) is 51.3 Å². The molecule has 6 nitrogen and oxygen atoms in total. The van der Waals surface area contributed by atoms with Gasteiger partial charge in [0.1, 0.15) is 5.75 Å². The van der Waals surface area contributed by atoms with E-state index in [1.54, 1.807) is 7.11 Å². The van der Waals surface area contributed by atoms with Gasteiger partial charge in [0.25, 0.3) is 0 Å². The molecule has 1 fully saturated rings. The number of piperazine rings is 1. The number of nitrogens with one attached hydrogen (secondary N) is 2. The molecule has 1 heterocycles. The predicted octanol–water partition coefficient (Wildman–Crippen LogP) is 3.97. The number of hydrogen-bond acceptors (Lipinski definition) is 4. The van der Waals surface area contributed by atoms with Crippen LogP contribution in [0.1, 0.15) is 24.0 Å². The maximum Gasteiger partial charge on any atom is 0.323 e. The molecule has 29 heavy (non-hydrogen) atoms. The van der Waals surface area contributed by atoms with Crippen molar-refractivity contribution in [1.29, 1.82) is 0 Å². The first-order valence-electron chi connectivity index (χ1n) is 10.4. The summed E-state index contributed by atoms with van der Waals surface area (Å²) in [6, 6.07) is 11.8. The number of methoxy groups -OCH3 is 1. The lowest BCUT2D eigenvalue weighted by molar-refractivity contribution is 0.262. The fourth-order valence-corrected chi connectivity index (χ4v) is 4.25. The van der Waals surface area contributed by atoms with Crippen molar-refractivity contribution in [2.75, 3.05) is 55.9 Å². The fraction of sp³-hybridized carbons (Fsp3) is 0.435. The van der Waals surface area contributed by atoms with E-state index in [1.807, 2.05) is 30.3 Å². The molecule has 2 amide bonds. The number of carbonyl (C=O) groups is 1. The summed E-state index contributed by atoms with van der Waals surface area (Å²) in [5.74, 6) is 0.831. The summed E-state index contributed by atoms with van der Waals surface area (Å²) in [5, 5.41) is 6.04. The molecule has 0 saturated carbocycles. The fourth-order valence-electron chi connectivity index (χ4n) is 4.25. The number of hydrogen-bond donors (Lipinski definition) is 2. The molecule has 0 bridgehead atoms. The summed E-state index contributed by atoms with van der Waals surface area (Å²) in [6.45, 7) is 3.91. The molecule has 0 spiro atoms.